The van der Waals surface area contributed by atoms with Crippen LogP contribution in [0.4, 0.5) is 0 Å². The van der Waals surface area contributed by atoms with E-state index in [1.54, 1.807) is 11.8 Å². The zero-order valence-electron chi connectivity index (χ0n) is 7.61. The predicted octanol–water partition coefficient (Wildman–Crippen LogP) is 2.20. The second-order valence-electron chi connectivity index (χ2n) is 3.03. The lowest BCUT2D eigenvalue weighted by Crippen LogP contribution is -2.21. The minimum absolute atomic E-state index is 0.227. The van der Waals surface area contributed by atoms with Gasteiger partial charge in [-0.3, -0.25) is 0 Å². The van der Waals surface area contributed by atoms with Crippen molar-refractivity contribution in [3.8, 4) is 0 Å². The van der Waals surface area contributed by atoms with Gasteiger partial charge in [-0.15, -0.1) is 0 Å². The Morgan fingerprint density at radius 2 is 1.55 bits per heavy atom. The Kier molecular flexibility index (Phi) is 5.65. The van der Waals surface area contributed by atoms with Crippen molar-refractivity contribution >= 4 is 24.4 Å². The molecule has 4 atom stereocenters. The van der Waals surface area contributed by atoms with Crippen LogP contribution in [-0.4, -0.2) is 27.0 Å². The average molecular weight is 194 g/mol. The van der Waals surface area contributed by atoms with Gasteiger partial charge in [0, 0.05) is 15.7 Å². The molecule has 0 radical (unpaired) electrons. The van der Waals surface area contributed by atoms with Crippen LogP contribution in [0.2, 0.25) is 0 Å². The third kappa shape index (κ3) is 4.99. The van der Waals surface area contributed by atoms with Crippen molar-refractivity contribution in [1.29, 1.82) is 0 Å². The van der Waals surface area contributed by atoms with Crippen LogP contribution in [0.3, 0.4) is 0 Å². The molecule has 0 amide bonds. The van der Waals surface area contributed by atoms with E-state index in [0.717, 1.165) is 0 Å². The molecule has 11 heavy (non-hydrogen) atoms. The van der Waals surface area contributed by atoms with Gasteiger partial charge in [-0.2, -0.15) is 24.4 Å². The van der Waals surface area contributed by atoms with Crippen LogP contribution in [0.25, 0.3) is 0 Å². The van der Waals surface area contributed by atoms with Gasteiger partial charge in [-0.05, 0) is 6.92 Å². The minimum Gasteiger partial charge on any atom is -0.392 e. The maximum atomic E-state index is 9.21. The van der Waals surface area contributed by atoms with Crippen molar-refractivity contribution in [3.05, 3.63) is 0 Å². The summed E-state index contributed by atoms with van der Waals surface area (Å²) in [5, 5.41) is 10.4. The summed E-state index contributed by atoms with van der Waals surface area (Å²) in [5.41, 5.74) is 0. The van der Waals surface area contributed by atoms with E-state index in [2.05, 4.69) is 26.5 Å². The summed E-state index contributed by atoms with van der Waals surface area (Å²) < 4.78 is 0. The molecule has 0 rings (SSSR count). The number of aliphatic hydroxyl groups is 1. The first-order valence-electron chi connectivity index (χ1n) is 3.96. The summed E-state index contributed by atoms with van der Waals surface area (Å²) in [6.45, 7) is 8.09. The van der Waals surface area contributed by atoms with Crippen LogP contribution in [0, 0.1) is 0 Å². The first kappa shape index (κ1) is 11.7. The Labute approximate surface area is 79.4 Å². The molecule has 1 nitrogen and oxygen atoms in total. The maximum absolute atomic E-state index is 9.21. The van der Waals surface area contributed by atoms with E-state index in [1.807, 2.05) is 13.8 Å². The van der Waals surface area contributed by atoms with Crippen LogP contribution < -0.4 is 0 Å². The zero-order chi connectivity index (χ0) is 9.02. The SMILES string of the molecule is C[C@H](O)[C@@H](C)S[C@@H](C)[C@@H](C)S. The van der Waals surface area contributed by atoms with Crippen LogP contribution in [0.5, 0.6) is 0 Å². The smallest absolute Gasteiger partial charge is 0.0628 e. The lowest BCUT2D eigenvalue weighted by Gasteiger charge is -2.21. The summed E-state index contributed by atoms with van der Waals surface area (Å²) in [5.74, 6) is 0. The number of aliphatic hydroxyl groups excluding tert-OH is 1. The molecule has 0 bridgehead atoms. The standard InChI is InChI=1S/C8H18OS2/c1-5(9)7(3)11-8(4)6(2)10/h5-10H,1-4H3/t5-,6+,7+,8-/m0/s1. The fraction of sp³-hybridized carbons (Fsp3) is 1.00. The first-order chi connectivity index (χ1) is 4.95. The molecule has 0 aromatic carbocycles. The predicted molar refractivity (Wildman–Crippen MR) is 56.6 cm³/mol. The highest BCUT2D eigenvalue weighted by atomic mass is 32.2. The molecule has 0 saturated heterocycles. The molecular weight excluding hydrogens is 176 g/mol. The second-order valence-corrected chi connectivity index (χ2v) is 5.60. The van der Waals surface area contributed by atoms with Gasteiger partial charge in [-0.25, -0.2) is 0 Å². The molecule has 0 saturated carbocycles. The van der Waals surface area contributed by atoms with E-state index in [0.29, 0.717) is 15.7 Å². The zero-order valence-corrected chi connectivity index (χ0v) is 9.32. The number of hydrogen-bond donors (Lipinski definition) is 2. The lowest BCUT2D eigenvalue weighted by molar-refractivity contribution is 0.196. The quantitative estimate of drug-likeness (QED) is 0.669. The number of hydrogen-bond acceptors (Lipinski definition) is 3. The van der Waals surface area contributed by atoms with Crippen molar-refractivity contribution in [2.75, 3.05) is 0 Å². The molecule has 0 heterocycles. The molecule has 68 valence electrons. The molecule has 0 aliphatic carbocycles. The van der Waals surface area contributed by atoms with Gasteiger partial charge < -0.3 is 5.11 Å². The van der Waals surface area contributed by atoms with Gasteiger partial charge in [0.25, 0.3) is 0 Å². The molecule has 0 aromatic rings. The fourth-order valence-electron chi connectivity index (χ4n) is 0.566. The molecule has 0 fully saturated rings. The highest BCUT2D eigenvalue weighted by molar-refractivity contribution is 8.01. The monoisotopic (exact) mass is 194 g/mol. The van der Waals surface area contributed by atoms with Gasteiger partial charge >= 0.3 is 0 Å². The number of thioether (sulfide) groups is 1. The normalized spacial score (nSPS) is 22.4. The van der Waals surface area contributed by atoms with Gasteiger partial charge in [0.2, 0.25) is 0 Å². The highest BCUT2D eigenvalue weighted by Gasteiger charge is 2.15. The molecular formula is C8H18OS2. The van der Waals surface area contributed by atoms with Gasteiger partial charge in [0.1, 0.15) is 0 Å². The van der Waals surface area contributed by atoms with E-state index >= 15 is 0 Å². The van der Waals surface area contributed by atoms with E-state index < -0.39 is 0 Å². The topological polar surface area (TPSA) is 20.2 Å². The fourth-order valence-corrected chi connectivity index (χ4v) is 1.91. The van der Waals surface area contributed by atoms with E-state index in [4.69, 9.17) is 0 Å². The molecule has 3 heteroatoms. The third-order valence-corrected chi connectivity index (χ3v) is 4.10. The summed E-state index contributed by atoms with van der Waals surface area (Å²) in [6.07, 6.45) is -0.227. The Morgan fingerprint density at radius 3 is 1.82 bits per heavy atom. The summed E-state index contributed by atoms with van der Waals surface area (Å²) in [4.78, 5) is 0. The van der Waals surface area contributed by atoms with Crippen molar-refractivity contribution in [3.63, 3.8) is 0 Å². The summed E-state index contributed by atoms with van der Waals surface area (Å²) >= 11 is 6.12. The summed E-state index contributed by atoms with van der Waals surface area (Å²) in [6, 6.07) is 0. The van der Waals surface area contributed by atoms with Gasteiger partial charge in [0.05, 0.1) is 6.10 Å². The highest BCUT2D eigenvalue weighted by Crippen LogP contribution is 2.24. The second kappa shape index (κ2) is 5.33. The van der Waals surface area contributed by atoms with Crippen LogP contribution in [0.15, 0.2) is 0 Å². The number of rotatable bonds is 4. The Morgan fingerprint density at radius 1 is 1.09 bits per heavy atom. The Balaban J connectivity index is 3.66. The van der Waals surface area contributed by atoms with Crippen molar-refractivity contribution < 1.29 is 5.11 Å². The molecule has 0 aromatic heterocycles. The van der Waals surface area contributed by atoms with Gasteiger partial charge in [0.15, 0.2) is 0 Å². The molecule has 0 aliphatic heterocycles. The molecule has 0 unspecified atom stereocenters. The first-order valence-corrected chi connectivity index (χ1v) is 5.42. The van der Waals surface area contributed by atoms with E-state index in [1.165, 1.54) is 0 Å². The largest absolute Gasteiger partial charge is 0.392 e. The van der Waals surface area contributed by atoms with Crippen molar-refractivity contribution in [2.45, 2.75) is 49.5 Å². The van der Waals surface area contributed by atoms with Crippen LogP contribution in [-0.2, 0) is 0 Å². The van der Waals surface area contributed by atoms with Crippen LogP contribution in [0.1, 0.15) is 27.7 Å². The maximum Gasteiger partial charge on any atom is 0.0628 e. The molecule has 0 aliphatic rings. The minimum atomic E-state index is -0.227. The number of thiol groups is 1. The van der Waals surface area contributed by atoms with E-state index in [9.17, 15) is 5.11 Å². The third-order valence-electron chi connectivity index (χ3n) is 1.79. The average Bonchev–Trinajstić information content (AvgIpc) is 1.87. The summed E-state index contributed by atoms with van der Waals surface area (Å²) in [7, 11) is 0. The van der Waals surface area contributed by atoms with Crippen LogP contribution >= 0.6 is 24.4 Å². The van der Waals surface area contributed by atoms with E-state index in [-0.39, 0.29) is 6.10 Å². The van der Waals surface area contributed by atoms with Crippen molar-refractivity contribution in [2.24, 2.45) is 0 Å². The Bertz CT molecular complexity index is 92.3. The molecule has 1 N–H and O–H groups in total. The van der Waals surface area contributed by atoms with Crippen molar-refractivity contribution in [1.82, 2.24) is 0 Å². The Hall–Kier alpha value is 0.660. The van der Waals surface area contributed by atoms with Gasteiger partial charge in [-0.1, -0.05) is 20.8 Å². The molecule has 0 spiro atoms. The lowest BCUT2D eigenvalue weighted by atomic mass is 10.3.